The summed E-state index contributed by atoms with van der Waals surface area (Å²) in [5.41, 5.74) is 4.45. The summed E-state index contributed by atoms with van der Waals surface area (Å²) in [4.78, 5) is 20.8. The number of allylic oxidation sites excluding steroid dienone is 2. The van der Waals surface area contributed by atoms with Gasteiger partial charge in [0.05, 0.1) is 11.2 Å². The van der Waals surface area contributed by atoms with Gasteiger partial charge in [-0.2, -0.15) is 0 Å². The third-order valence-corrected chi connectivity index (χ3v) is 3.15. The SMILES string of the molecule is CCN=C(C=C(C)C)c1cnc2c(c1)n(C)c(=O)n2C. The van der Waals surface area contributed by atoms with Crippen molar-refractivity contribution in [3.8, 4) is 0 Å². The van der Waals surface area contributed by atoms with E-state index in [1.165, 1.54) is 5.57 Å². The Kier molecular flexibility index (Phi) is 3.88. The summed E-state index contributed by atoms with van der Waals surface area (Å²) in [5.74, 6) is 0. The van der Waals surface area contributed by atoms with Crippen molar-refractivity contribution in [2.75, 3.05) is 6.54 Å². The third-order valence-electron chi connectivity index (χ3n) is 3.15. The first-order chi connectivity index (χ1) is 9.45. The predicted molar refractivity (Wildman–Crippen MR) is 82.5 cm³/mol. The van der Waals surface area contributed by atoms with Gasteiger partial charge in [0.1, 0.15) is 0 Å². The van der Waals surface area contributed by atoms with E-state index in [0.29, 0.717) is 12.2 Å². The zero-order chi connectivity index (χ0) is 14.9. The molecular formula is C15H20N4O. The Hall–Kier alpha value is -2.17. The van der Waals surface area contributed by atoms with Crippen LogP contribution in [0, 0.1) is 0 Å². The molecule has 106 valence electrons. The molecule has 2 aromatic rings. The summed E-state index contributed by atoms with van der Waals surface area (Å²) >= 11 is 0. The second kappa shape index (κ2) is 5.45. The van der Waals surface area contributed by atoms with Crippen LogP contribution in [0.5, 0.6) is 0 Å². The van der Waals surface area contributed by atoms with E-state index in [1.54, 1.807) is 29.4 Å². The first-order valence-corrected chi connectivity index (χ1v) is 6.67. The molecule has 2 rings (SSSR count). The minimum atomic E-state index is -0.0687. The molecule has 0 atom stereocenters. The monoisotopic (exact) mass is 272 g/mol. The zero-order valence-electron chi connectivity index (χ0n) is 12.6. The number of hydrogen-bond acceptors (Lipinski definition) is 3. The van der Waals surface area contributed by atoms with E-state index in [0.717, 1.165) is 16.8 Å². The highest BCUT2D eigenvalue weighted by Gasteiger charge is 2.11. The lowest BCUT2D eigenvalue weighted by molar-refractivity contribution is 0.791. The van der Waals surface area contributed by atoms with Crippen LogP contribution in [0.4, 0.5) is 0 Å². The van der Waals surface area contributed by atoms with Crippen LogP contribution in [0.2, 0.25) is 0 Å². The number of nitrogens with zero attached hydrogens (tertiary/aromatic N) is 4. The van der Waals surface area contributed by atoms with Crippen molar-refractivity contribution in [3.05, 3.63) is 40.0 Å². The Morgan fingerprint density at radius 2 is 2.05 bits per heavy atom. The van der Waals surface area contributed by atoms with Crippen LogP contribution in [0.25, 0.3) is 11.2 Å². The maximum absolute atomic E-state index is 11.9. The molecule has 2 aromatic heterocycles. The molecule has 0 unspecified atom stereocenters. The predicted octanol–water partition coefficient (Wildman–Crippen LogP) is 2.05. The molecule has 0 amide bonds. The minimum Gasteiger partial charge on any atom is -0.293 e. The fourth-order valence-electron chi connectivity index (χ4n) is 2.17. The van der Waals surface area contributed by atoms with Gasteiger partial charge in [-0.15, -0.1) is 0 Å². The van der Waals surface area contributed by atoms with Crippen LogP contribution in [0.15, 0.2) is 33.7 Å². The molecule has 0 saturated heterocycles. The topological polar surface area (TPSA) is 52.2 Å². The van der Waals surface area contributed by atoms with Crippen LogP contribution < -0.4 is 5.69 Å². The highest BCUT2D eigenvalue weighted by molar-refractivity contribution is 6.09. The van der Waals surface area contributed by atoms with E-state index in [1.807, 2.05) is 32.9 Å². The lowest BCUT2D eigenvalue weighted by Gasteiger charge is -2.03. The Morgan fingerprint density at radius 1 is 1.35 bits per heavy atom. The molecule has 0 spiro atoms. The van der Waals surface area contributed by atoms with Crippen molar-refractivity contribution in [1.82, 2.24) is 14.1 Å². The molecule has 0 aliphatic heterocycles. The quantitative estimate of drug-likeness (QED) is 0.803. The van der Waals surface area contributed by atoms with E-state index < -0.39 is 0 Å². The summed E-state index contributed by atoms with van der Waals surface area (Å²) in [6, 6.07) is 1.97. The summed E-state index contributed by atoms with van der Waals surface area (Å²) < 4.78 is 3.16. The fraction of sp³-hybridized carbons (Fsp3) is 0.400. The molecular weight excluding hydrogens is 252 g/mol. The molecule has 0 saturated carbocycles. The Bertz CT molecular complexity index is 758. The molecule has 0 radical (unpaired) electrons. The van der Waals surface area contributed by atoms with E-state index in [9.17, 15) is 4.79 Å². The van der Waals surface area contributed by atoms with Crippen LogP contribution in [-0.4, -0.2) is 26.4 Å². The summed E-state index contributed by atoms with van der Waals surface area (Å²) in [6.45, 7) is 6.79. The van der Waals surface area contributed by atoms with Crippen LogP contribution in [0.3, 0.4) is 0 Å². The number of aromatic nitrogens is 3. The fourth-order valence-corrected chi connectivity index (χ4v) is 2.17. The first kappa shape index (κ1) is 14.2. The highest BCUT2D eigenvalue weighted by atomic mass is 16.1. The number of imidazole rings is 1. The minimum absolute atomic E-state index is 0.0687. The lowest BCUT2D eigenvalue weighted by Crippen LogP contribution is -2.19. The van der Waals surface area contributed by atoms with Crippen molar-refractivity contribution >= 4 is 16.9 Å². The lowest BCUT2D eigenvalue weighted by atomic mass is 10.1. The zero-order valence-corrected chi connectivity index (χ0v) is 12.6. The number of hydrogen-bond donors (Lipinski definition) is 0. The molecule has 20 heavy (non-hydrogen) atoms. The largest absolute Gasteiger partial charge is 0.329 e. The van der Waals surface area contributed by atoms with Crippen molar-refractivity contribution in [3.63, 3.8) is 0 Å². The van der Waals surface area contributed by atoms with E-state index in [2.05, 4.69) is 9.98 Å². The second-order valence-corrected chi connectivity index (χ2v) is 5.05. The number of pyridine rings is 1. The average molecular weight is 272 g/mol. The normalized spacial score (nSPS) is 11.9. The first-order valence-electron chi connectivity index (χ1n) is 6.67. The molecule has 0 aliphatic carbocycles. The molecule has 0 bridgehead atoms. The van der Waals surface area contributed by atoms with Gasteiger partial charge in [-0.05, 0) is 32.9 Å². The molecule has 5 heteroatoms. The summed E-state index contributed by atoms with van der Waals surface area (Å²) in [5, 5.41) is 0. The van der Waals surface area contributed by atoms with Crippen molar-refractivity contribution < 1.29 is 0 Å². The molecule has 5 nitrogen and oxygen atoms in total. The standard InChI is InChI=1S/C15H20N4O/c1-6-16-12(7-10(2)3)11-8-13-14(17-9-11)19(5)15(20)18(13)4/h7-9H,6H2,1-5H3. The van der Waals surface area contributed by atoms with E-state index in [4.69, 9.17) is 0 Å². The molecule has 0 N–H and O–H groups in total. The Balaban J connectivity index is 2.67. The molecule has 0 aromatic carbocycles. The van der Waals surface area contributed by atoms with Crippen molar-refractivity contribution in [1.29, 1.82) is 0 Å². The van der Waals surface area contributed by atoms with Gasteiger partial charge in [-0.3, -0.25) is 14.1 Å². The van der Waals surface area contributed by atoms with Gasteiger partial charge in [0.25, 0.3) is 0 Å². The number of aryl methyl sites for hydroxylation is 2. The molecule has 0 fully saturated rings. The van der Waals surface area contributed by atoms with Crippen LogP contribution in [0.1, 0.15) is 26.3 Å². The Morgan fingerprint density at radius 3 is 2.65 bits per heavy atom. The van der Waals surface area contributed by atoms with Crippen molar-refractivity contribution in [2.45, 2.75) is 20.8 Å². The maximum atomic E-state index is 11.9. The maximum Gasteiger partial charge on any atom is 0.329 e. The Labute approximate surface area is 118 Å². The van der Waals surface area contributed by atoms with Gasteiger partial charge in [0, 0.05) is 32.4 Å². The van der Waals surface area contributed by atoms with Gasteiger partial charge in [-0.25, -0.2) is 9.78 Å². The van der Waals surface area contributed by atoms with Crippen molar-refractivity contribution in [2.24, 2.45) is 19.1 Å². The van der Waals surface area contributed by atoms with Gasteiger partial charge in [0.15, 0.2) is 5.65 Å². The van der Waals surface area contributed by atoms with Crippen LogP contribution >= 0.6 is 0 Å². The van der Waals surface area contributed by atoms with E-state index in [-0.39, 0.29) is 5.69 Å². The van der Waals surface area contributed by atoms with Gasteiger partial charge < -0.3 is 0 Å². The molecule has 0 aliphatic rings. The van der Waals surface area contributed by atoms with Gasteiger partial charge in [0.2, 0.25) is 0 Å². The highest BCUT2D eigenvalue weighted by Crippen LogP contribution is 2.13. The number of fused-ring (bicyclic) bond motifs is 1. The average Bonchev–Trinajstić information content (AvgIpc) is 2.63. The summed E-state index contributed by atoms with van der Waals surface area (Å²) in [7, 11) is 3.49. The number of aliphatic imine (C=N–C) groups is 1. The van der Waals surface area contributed by atoms with Gasteiger partial charge >= 0.3 is 5.69 Å². The number of rotatable bonds is 3. The second-order valence-electron chi connectivity index (χ2n) is 5.05. The third kappa shape index (κ3) is 2.43. The summed E-state index contributed by atoms with van der Waals surface area (Å²) in [6.07, 6.45) is 3.81. The van der Waals surface area contributed by atoms with E-state index >= 15 is 0 Å². The van der Waals surface area contributed by atoms with Gasteiger partial charge in [-0.1, -0.05) is 5.57 Å². The smallest absolute Gasteiger partial charge is 0.293 e. The van der Waals surface area contributed by atoms with Crippen LogP contribution in [-0.2, 0) is 14.1 Å². The molecule has 2 heterocycles.